The summed E-state index contributed by atoms with van der Waals surface area (Å²) in [7, 11) is 0. The maximum absolute atomic E-state index is 11.5. The Labute approximate surface area is 108 Å². The third kappa shape index (κ3) is 5.49. The Morgan fingerprint density at radius 2 is 2.17 bits per heavy atom. The highest BCUT2D eigenvalue weighted by Gasteiger charge is 2.22. The normalized spacial score (nSPS) is 26.6. The summed E-state index contributed by atoms with van der Waals surface area (Å²) in [6.45, 7) is 6.22. The van der Waals surface area contributed by atoms with Gasteiger partial charge in [-0.2, -0.15) is 0 Å². The summed E-state index contributed by atoms with van der Waals surface area (Å²) in [5.74, 6) is -0.639. The first kappa shape index (κ1) is 15.0. The van der Waals surface area contributed by atoms with E-state index >= 15 is 0 Å². The molecule has 18 heavy (non-hydrogen) atoms. The average Bonchev–Trinajstić information content (AvgIpc) is 2.27. The van der Waals surface area contributed by atoms with Crippen molar-refractivity contribution in [2.24, 2.45) is 5.92 Å². The first-order valence-corrected chi connectivity index (χ1v) is 6.46. The lowest BCUT2D eigenvalue weighted by molar-refractivity contribution is -0.162. The van der Waals surface area contributed by atoms with Crippen LogP contribution < -0.4 is 0 Å². The molecule has 1 fully saturated rings. The van der Waals surface area contributed by atoms with Gasteiger partial charge in [0.25, 0.3) is 0 Å². The fourth-order valence-electron chi connectivity index (χ4n) is 1.69. The van der Waals surface area contributed by atoms with Crippen LogP contribution >= 0.6 is 0 Å². The molecule has 0 saturated carbocycles. The number of esters is 2. The van der Waals surface area contributed by atoms with Crippen LogP contribution in [0.1, 0.15) is 40.0 Å². The second-order valence-corrected chi connectivity index (χ2v) is 4.93. The molecule has 1 saturated heterocycles. The smallest absolute Gasteiger partial charge is 0.308 e. The van der Waals surface area contributed by atoms with Gasteiger partial charge in [-0.1, -0.05) is 13.8 Å². The van der Waals surface area contributed by atoms with Gasteiger partial charge in [0.15, 0.2) is 0 Å². The van der Waals surface area contributed by atoms with E-state index in [9.17, 15) is 9.59 Å². The maximum Gasteiger partial charge on any atom is 0.308 e. The zero-order valence-corrected chi connectivity index (χ0v) is 11.3. The Morgan fingerprint density at radius 1 is 1.44 bits per heavy atom. The highest BCUT2D eigenvalue weighted by atomic mass is 16.6. The quantitative estimate of drug-likeness (QED) is 0.705. The predicted octanol–water partition coefficient (Wildman–Crippen LogP) is 1.69. The monoisotopic (exact) mass is 258 g/mol. The van der Waals surface area contributed by atoms with E-state index in [1.54, 1.807) is 20.8 Å². The Bertz CT molecular complexity index is 287. The van der Waals surface area contributed by atoms with Crippen LogP contribution in [0.2, 0.25) is 0 Å². The van der Waals surface area contributed by atoms with Crippen molar-refractivity contribution in [2.45, 2.75) is 52.2 Å². The van der Waals surface area contributed by atoms with E-state index in [1.165, 1.54) is 0 Å². The predicted molar refractivity (Wildman–Crippen MR) is 64.9 cm³/mol. The van der Waals surface area contributed by atoms with E-state index in [-0.39, 0.29) is 30.1 Å². The number of carbonyl (C=O) groups excluding carboxylic acids is 2. The SMILES string of the molecule is CC1CC(OC(=O)C(C)C)COCCCC(=O)O1. The van der Waals surface area contributed by atoms with Crippen molar-refractivity contribution in [1.29, 1.82) is 0 Å². The number of rotatable bonds is 2. The van der Waals surface area contributed by atoms with E-state index in [0.29, 0.717) is 32.5 Å². The van der Waals surface area contributed by atoms with Gasteiger partial charge < -0.3 is 14.2 Å². The van der Waals surface area contributed by atoms with Crippen molar-refractivity contribution in [3.05, 3.63) is 0 Å². The van der Waals surface area contributed by atoms with E-state index < -0.39 is 0 Å². The number of ether oxygens (including phenoxy) is 3. The molecule has 1 aliphatic heterocycles. The van der Waals surface area contributed by atoms with E-state index in [4.69, 9.17) is 14.2 Å². The summed E-state index contributed by atoms with van der Waals surface area (Å²) in [6, 6.07) is 0. The minimum Gasteiger partial charge on any atom is -0.463 e. The molecule has 104 valence electrons. The largest absolute Gasteiger partial charge is 0.463 e. The molecule has 0 radical (unpaired) electrons. The molecule has 0 aromatic carbocycles. The molecule has 0 aromatic rings. The third-order valence-electron chi connectivity index (χ3n) is 2.65. The Balaban J connectivity index is 2.53. The van der Waals surface area contributed by atoms with E-state index in [0.717, 1.165) is 0 Å². The molecule has 1 rings (SSSR count). The van der Waals surface area contributed by atoms with Crippen LogP contribution in [-0.4, -0.2) is 37.4 Å². The standard InChI is InChI=1S/C13H22O5/c1-9(2)13(15)18-11-7-10(3)17-12(14)5-4-6-16-8-11/h9-11H,4-8H2,1-3H3. The lowest BCUT2D eigenvalue weighted by Gasteiger charge is -2.23. The van der Waals surface area contributed by atoms with Crippen LogP contribution in [0.15, 0.2) is 0 Å². The zero-order chi connectivity index (χ0) is 13.5. The third-order valence-corrected chi connectivity index (χ3v) is 2.65. The van der Waals surface area contributed by atoms with Crippen molar-refractivity contribution >= 4 is 11.9 Å². The van der Waals surface area contributed by atoms with Gasteiger partial charge in [-0.05, 0) is 13.3 Å². The molecular formula is C13H22O5. The Morgan fingerprint density at radius 3 is 2.83 bits per heavy atom. The van der Waals surface area contributed by atoms with Crippen molar-refractivity contribution in [3.63, 3.8) is 0 Å². The molecule has 1 aliphatic rings. The number of carbonyl (C=O) groups is 2. The molecular weight excluding hydrogens is 236 g/mol. The molecule has 0 spiro atoms. The van der Waals surface area contributed by atoms with Gasteiger partial charge in [0.05, 0.1) is 12.5 Å². The summed E-state index contributed by atoms with van der Waals surface area (Å²) in [5, 5.41) is 0. The van der Waals surface area contributed by atoms with Crippen molar-refractivity contribution in [3.8, 4) is 0 Å². The van der Waals surface area contributed by atoms with Gasteiger partial charge in [0.1, 0.15) is 12.2 Å². The number of cyclic esters (lactones) is 1. The zero-order valence-electron chi connectivity index (χ0n) is 11.3. The summed E-state index contributed by atoms with van der Waals surface area (Å²) >= 11 is 0. The number of hydrogen-bond acceptors (Lipinski definition) is 5. The summed E-state index contributed by atoms with van der Waals surface area (Å²) in [5.41, 5.74) is 0. The fourth-order valence-corrected chi connectivity index (χ4v) is 1.69. The van der Waals surface area contributed by atoms with Crippen LogP contribution in [0.4, 0.5) is 0 Å². The van der Waals surface area contributed by atoms with E-state index in [2.05, 4.69) is 0 Å². The second kappa shape index (κ2) is 7.36. The molecule has 0 amide bonds. The first-order chi connectivity index (χ1) is 8.49. The lowest BCUT2D eigenvalue weighted by atomic mass is 10.1. The maximum atomic E-state index is 11.5. The molecule has 5 nitrogen and oxygen atoms in total. The molecule has 0 N–H and O–H groups in total. The van der Waals surface area contributed by atoms with Gasteiger partial charge in [-0.3, -0.25) is 9.59 Å². The van der Waals surface area contributed by atoms with E-state index in [1.807, 2.05) is 0 Å². The van der Waals surface area contributed by atoms with Crippen molar-refractivity contribution < 1.29 is 23.8 Å². The molecule has 1 heterocycles. The molecule has 5 heteroatoms. The lowest BCUT2D eigenvalue weighted by Crippen LogP contribution is -2.31. The van der Waals surface area contributed by atoms with Gasteiger partial charge in [-0.15, -0.1) is 0 Å². The summed E-state index contributed by atoms with van der Waals surface area (Å²) in [4.78, 5) is 22.9. The second-order valence-electron chi connectivity index (χ2n) is 4.93. The molecule has 2 unspecified atom stereocenters. The minimum atomic E-state index is -0.346. The van der Waals surface area contributed by atoms with Gasteiger partial charge in [0.2, 0.25) is 0 Å². The molecule has 0 aliphatic carbocycles. The Kier molecular flexibility index (Phi) is 6.12. The van der Waals surface area contributed by atoms with Gasteiger partial charge >= 0.3 is 11.9 Å². The van der Waals surface area contributed by atoms with Crippen LogP contribution in [0.5, 0.6) is 0 Å². The highest BCUT2D eigenvalue weighted by molar-refractivity contribution is 5.71. The van der Waals surface area contributed by atoms with Crippen LogP contribution in [0.3, 0.4) is 0 Å². The van der Waals surface area contributed by atoms with Gasteiger partial charge in [-0.25, -0.2) is 0 Å². The van der Waals surface area contributed by atoms with Crippen molar-refractivity contribution in [2.75, 3.05) is 13.2 Å². The highest BCUT2D eigenvalue weighted by Crippen LogP contribution is 2.13. The van der Waals surface area contributed by atoms with Crippen LogP contribution in [0, 0.1) is 5.92 Å². The topological polar surface area (TPSA) is 61.8 Å². The molecule has 2 atom stereocenters. The number of hydrogen-bond donors (Lipinski definition) is 0. The minimum absolute atomic E-state index is 0.168. The summed E-state index contributed by atoms with van der Waals surface area (Å²) in [6.07, 6.45) is 0.881. The Hall–Kier alpha value is -1.10. The van der Waals surface area contributed by atoms with Gasteiger partial charge in [0, 0.05) is 19.4 Å². The van der Waals surface area contributed by atoms with Crippen LogP contribution in [-0.2, 0) is 23.8 Å². The molecule has 0 aromatic heterocycles. The average molecular weight is 258 g/mol. The van der Waals surface area contributed by atoms with Crippen molar-refractivity contribution in [1.82, 2.24) is 0 Å². The van der Waals surface area contributed by atoms with Crippen LogP contribution in [0.25, 0.3) is 0 Å². The summed E-state index contributed by atoms with van der Waals surface area (Å²) < 4.78 is 16.0. The first-order valence-electron chi connectivity index (χ1n) is 6.46. The molecule has 0 bridgehead atoms. The fraction of sp³-hybridized carbons (Fsp3) is 0.846.